The Hall–Kier alpha value is -0.340. The molecule has 1 aromatic heterocycles. The maximum Gasteiger partial charge on any atom is 0.0451 e. The SMILES string of the molecule is CCCNC(c1sccc1C)C(C1CC1)C1CC1. The van der Waals surface area contributed by atoms with Crippen LogP contribution in [-0.2, 0) is 0 Å². The molecule has 18 heavy (non-hydrogen) atoms. The summed E-state index contributed by atoms with van der Waals surface area (Å²) in [6.07, 6.45) is 7.17. The summed E-state index contributed by atoms with van der Waals surface area (Å²) in [5.41, 5.74) is 1.50. The fourth-order valence-electron chi connectivity index (χ4n) is 3.30. The van der Waals surface area contributed by atoms with E-state index in [9.17, 15) is 0 Å². The van der Waals surface area contributed by atoms with Crippen LogP contribution in [0.1, 0.15) is 55.5 Å². The maximum atomic E-state index is 3.87. The summed E-state index contributed by atoms with van der Waals surface area (Å²) in [5, 5.41) is 6.13. The third-order valence-electron chi connectivity index (χ3n) is 4.52. The van der Waals surface area contributed by atoms with Crippen LogP contribution in [0.3, 0.4) is 0 Å². The maximum absolute atomic E-state index is 3.87. The molecule has 0 saturated heterocycles. The van der Waals surface area contributed by atoms with Crippen LogP contribution in [0.5, 0.6) is 0 Å². The number of thiophene rings is 1. The van der Waals surface area contributed by atoms with E-state index in [2.05, 4.69) is 30.6 Å². The van der Waals surface area contributed by atoms with Crippen LogP contribution in [0.2, 0.25) is 0 Å². The van der Waals surface area contributed by atoms with Gasteiger partial charge in [-0.3, -0.25) is 0 Å². The minimum absolute atomic E-state index is 0.643. The largest absolute Gasteiger partial charge is 0.309 e. The zero-order valence-corrected chi connectivity index (χ0v) is 12.4. The van der Waals surface area contributed by atoms with Crippen LogP contribution in [0.25, 0.3) is 0 Å². The minimum Gasteiger partial charge on any atom is -0.309 e. The van der Waals surface area contributed by atoms with E-state index in [1.165, 1.54) is 37.7 Å². The first-order chi connectivity index (χ1) is 8.81. The van der Waals surface area contributed by atoms with Crippen LogP contribution in [0.15, 0.2) is 11.4 Å². The van der Waals surface area contributed by atoms with Gasteiger partial charge in [0.15, 0.2) is 0 Å². The van der Waals surface area contributed by atoms with Gasteiger partial charge in [0.25, 0.3) is 0 Å². The fraction of sp³-hybridized carbons (Fsp3) is 0.750. The number of hydrogen-bond donors (Lipinski definition) is 1. The van der Waals surface area contributed by atoms with Crippen LogP contribution in [-0.4, -0.2) is 6.54 Å². The quantitative estimate of drug-likeness (QED) is 0.762. The molecule has 0 bridgehead atoms. The van der Waals surface area contributed by atoms with Gasteiger partial charge in [0.05, 0.1) is 0 Å². The van der Waals surface area contributed by atoms with E-state index in [1.54, 1.807) is 4.88 Å². The predicted octanol–water partition coefficient (Wildman–Crippen LogP) is 4.53. The van der Waals surface area contributed by atoms with Crippen molar-refractivity contribution in [1.82, 2.24) is 5.32 Å². The van der Waals surface area contributed by atoms with Gasteiger partial charge in [-0.2, -0.15) is 0 Å². The van der Waals surface area contributed by atoms with E-state index >= 15 is 0 Å². The average Bonchev–Trinajstić information content (AvgIpc) is 3.27. The van der Waals surface area contributed by atoms with Gasteiger partial charge in [0.2, 0.25) is 0 Å². The summed E-state index contributed by atoms with van der Waals surface area (Å²) in [5.74, 6) is 2.97. The summed E-state index contributed by atoms with van der Waals surface area (Å²) in [7, 11) is 0. The molecule has 0 aliphatic heterocycles. The minimum atomic E-state index is 0.643. The second kappa shape index (κ2) is 5.34. The third kappa shape index (κ3) is 2.65. The van der Waals surface area contributed by atoms with Crippen LogP contribution in [0.4, 0.5) is 0 Å². The molecule has 2 aliphatic carbocycles. The average molecular weight is 263 g/mol. The molecule has 0 spiro atoms. The van der Waals surface area contributed by atoms with E-state index < -0.39 is 0 Å². The Kier molecular flexibility index (Phi) is 3.76. The molecule has 1 nitrogen and oxygen atoms in total. The highest BCUT2D eigenvalue weighted by Crippen LogP contribution is 2.54. The van der Waals surface area contributed by atoms with E-state index in [0.717, 1.165) is 24.3 Å². The lowest BCUT2D eigenvalue weighted by atomic mass is 9.87. The van der Waals surface area contributed by atoms with Gasteiger partial charge >= 0.3 is 0 Å². The third-order valence-corrected chi connectivity index (χ3v) is 5.62. The molecule has 3 rings (SSSR count). The van der Waals surface area contributed by atoms with Crippen LogP contribution in [0, 0.1) is 24.7 Å². The van der Waals surface area contributed by atoms with Gasteiger partial charge in [-0.05, 0) is 80.3 Å². The van der Waals surface area contributed by atoms with Crippen molar-refractivity contribution >= 4 is 11.3 Å². The Morgan fingerprint density at radius 3 is 2.39 bits per heavy atom. The monoisotopic (exact) mass is 263 g/mol. The molecule has 0 amide bonds. The molecule has 1 N–H and O–H groups in total. The molecular weight excluding hydrogens is 238 g/mol. The molecule has 1 aromatic rings. The molecule has 100 valence electrons. The van der Waals surface area contributed by atoms with Crippen molar-refractivity contribution in [2.24, 2.45) is 17.8 Å². The number of hydrogen-bond acceptors (Lipinski definition) is 2. The van der Waals surface area contributed by atoms with Gasteiger partial charge < -0.3 is 5.32 Å². The van der Waals surface area contributed by atoms with Crippen molar-refractivity contribution in [3.05, 3.63) is 21.9 Å². The van der Waals surface area contributed by atoms with Crippen LogP contribution < -0.4 is 5.32 Å². The van der Waals surface area contributed by atoms with Gasteiger partial charge in [0, 0.05) is 10.9 Å². The van der Waals surface area contributed by atoms with Crippen molar-refractivity contribution in [3.63, 3.8) is 0 Å². The molecular formula is C16H25NS. The van der Waals surface area contributed by atoms with E-state index in [1.807, 2.05) is 11.3 Å². The molecule has 2 aliphatic rings. The normalized spacial score (nSPS) is 21.5. The Balaban J connectivity index is 1.81. The lowest BCUT2D eigenvalue weighted by molar-refractivity contribution is 0.290. The molecule has 1 atom stereocenters. The van der Waals surface area contributed by atoms with E-state index in [4.69, 9.17) is 0 Å². The summed E-state index contributed by atoms with van der Waals surface area (Å²) in [4.78, 5) is 1.62. The van der Waals surface area contributed by atoms with Crippen molar-refractivity contribution in [1.29, 1.82) is 0 Å². The standard InChI is InChI=1S/C16H25NS/c1-3-9-17-15(16-11(2)8-10-18-16)14(12-4-5-12)13-6-7-13/h8,10,12-15,17H,3-7,9H2,1-2H3. The lowest BCUT2D eigenvalue weighted by Crippen LogP contribution is -2.31. The highest BCUT2D eigenvalue weighted by atomic mass is 32.1. The summed E-state index contributed by atoms with van der Waals surface area (Å²) >= 11 is 1.96. The first-order valence-corrected chi connectivity index (χ1v) is 8.46. The lowest BCUT2D eigenvalue weighted by Gasteiger charge is -2.28. The summed E-state index contributed by atoms with van der Waals surface area (Å²) in [6.45, 7) is 5.72. The number of nitrogens with one attached hydrogen (secondary N) is 1. The highest BCUT2D eigenvalue weighted by Gasteiger charge is 2.46. The zero-order chi connectivity index (χ0) is 12.5. The second-order valence-corrected chi connectivity index (χ2v) is 7.10. The van der Waals surface area contributed by atoms with Crippen molar-refractivity contribution in [2.75, 3.05) is 6.54 Å². The van der Waals surface area contributed by atoms with Gasteiger partial charge in [-0.15, -0.1) is 11.3 Å². The van der Waals surface area contributed by atoms with E-state index in [-0.39, 0.29) is 0 Å². The Bertz CT molecular complexity index is 378. The molecule has 2 fully saturated rings. The van der Waals surface area contributed by atoms with Gasteiger partial charge in [-0.25, -0.2) is 0 Å². The van der Waals surface area contributed by atoms with Crippen molar-refractivity contribution in [2.45, 2.75) is 52.0 Å². The smallest absolute Gasteiger partial charge is 0.0451 e. The van der Waals surface area contributed by atoms with Crippen molar-refractivity contribution < 1.29 is 0 Å². The Morgan fingerprint density at radius 2 is 1.94 bits per heavy atom. The van der Waals surface area contributed by atoms with Crippen molar-refractivity contribution in [3.8, 4) is 0 Å². The molecule has 2 saturated carbocycles. The highest BCUT2D eigenvalue weighted by molar-refractivity contribution is 7.10. The molecule has 1 unspecified atom stereocenters. The first-order valence-electron chi connectivity index (χ1n) is 7.58. The van der Waals surface area contributed by atoms with E-state index in [0.29, 0.717) is 6.04 Å². The molecule has 2 heteroatoms. The summed E-state index contributed by atoms with van der Waals surface area (Å²) in [6, 6.07) is 2.93. The Labute approximate surface area is 115 Å². The zero-order valence-electron chi connectivity index (χ0n) is 11.6. The second-order valence-electron chi connectivity index (χ2n) is 6.15. The molecule has 0 aromatic carbocycles. The fourth-order valence-corrected chi connectivity index (χ4v) is 4.36. The number of aryl methyl sites for hydroxylation is 1. The Morgan fingerprint density at radius 1 is 1.28 bits per heavy atom. The topological polar surface area (TPSA) is 12.0 Å². The predicted molar refractivity (Wildman–Crippen MR) is 79.0 cm³/mol. The molecule has 1 heterocycles. The van der Waals surface area contributed by atoms with Gasteiger partial charge in [0.1, 0.15) is 0 Å². The molecule has 0 radical (unpaired) electrons. The number of rotatable bonds is 7. The van der Waals surface area contributed by atoms with Crippen LogP contribution >= 0.6 is 11.3 Å². The van der Waals surface area contributed by atoms with Gasteiger partial charge in [-0.1, -0.05) is 6.92 Å². The first kappa shape index (κ1) is 12.7. The summed E-state index contributed by atoms with van der Waals surface area (Å²) < 4.78 is 0.